The zero-order valence-electron chi connectivity index (χ0n) is 13.7. The number of anilines is 1. The molecule has 126 valence electrons. The van der Waals surface area contributed by atoms with Crippen molar-refractivity contribution in [3.63, 3.8) is 0 Å². The summed E-state index contributed by atoms with van der Waals surface area (Å²) in [6.07, 6.45) is 0. The lowest BCUT2D eigenvalue weighted by molar-refractivity contribution is -0.134. The summed E-state index contributed by atoms with van der Waals surface area (Å²) < 4.78 is 0. The Kier molecular flexibility index (Phi) is 5.41. The van der Waals surface area contributed by atoms with E-state index in [2.05, 4.69) is 27.8 Å². The Bertz CT molecular complexity index is 537. The smallest absolute Gasteiger partial charge is 0.236 e. The topological polar surface area (TPSA) is 30.0 Å². The van der Waals surface area contributed by atoms with Crippen molar-refractivity contribution in [1.29, 1.82) is 0 Å². The van der Waals surface area contributed by atoms with E-state index in [4.69, 9.17) is 11.6 Å². The van der Waals surface area contributed by atoms with Crippen LogP contribution in [-0.2, 0) is 4.79 Å². The highest BCUT2D eigenvalue weighted by atomic mass is 35.5. The van der Waals surface area contributed by atoms with Gasteiger partial charge in [0.15, 0.2) is 0 Å². The monoisotopic (exact) mass is 336 g/mol. The van der Waals surface area contributed by atoms with Gasteiger partial charge in [-0.3, -0.25) is 9.69 Å². The number of benzene rings is 1. The van der Waals surface area contributed by atoms with Gasteiger partial charge in [-0.1, -0.05) is 17.7 Å². The molecule has 0 atom stereocenters. The van der Waals surface area contributed by atoms with Crippen LogP contribution in [0.15, 0.2) is 24.3 Å². The van der Waals surface area contributed by atoms with Gasteiger partial charge >= 0.3 is 0 Å². The number of likely N-dealkylation sites (N-methyl/N-ethyl adjacent to an activating group) is 1. The summed E-state index contributed by atoms with van der Waals surface area (Å²) in [7, 11) is 2.11. The maximum absolute atomic E-state index is 12.4. The molecule has 0 unspecified atom stereocenters. The highest BCUT2D eigenvalue weighted by Crippen LogP contribution is 2.20. The molecule has 2 aliphatic heterocycles. The first kappa shape index (κ1) is 16.6. The molecule has 5 nitrogen and oxygen atoms in total. The molecule has 2 aliphatic rings. The van der Waals surface area contributed by atoms with E-state index in [-0.39, 0.29) is 5.91 Å². The van der Waals surface area contributed by atoms with E-state index in [9.17, 15) is 4.79 Å². The second kappa shape index (κ2) is 7.51. The van der Waals surface area contributed by atoms with E-state index in [1.807, 2.05) is 23.1 Å². The van der Waals surface area contributed by atoms with Gasteiger partial charge in [0.05, 0.1) is 6.54 Å². The molecule has 6 heteroatoms. The van der Waals surface area contributed by atoms with Gasteiger partial charge in [0.25, 0.3) is 0 Å². The molecule has 1 aromatic carbocycles. The molecule has 1 amide bonds. The molecule has 23 heavy (non-hydrogen) atoms. The number of halogens is 1. The number of amides is 1. The van der Waals surface area contributed by atoms with Crippen LogP contribution in [0.1, 0.15) is 0 Å². The van der Waals surface area contributed by atoms with Crippen LogP contribution >= 0.6 is 11.6 Å². The van der Waals surface area contributed by atoms with E-state index in [0.717, 1.165) is 57.4 Å². The molecule has 1 aromatic rings. The predicted octanol–water partition coefficient (Wildman–Crippen LogP) is 1.24. The fourth-order valence-corrected chi connectivity index (χ4v) is 3.37. The van der Waals surface area contributed by atoms with Gasteiger partial charge in [-0.05, 0) is 25.2 Å². The van der Waals surface area contributed by atoms with E-state index in [1.54, 1.807) is 0 Å². The summed E-state index contributed by atoms with van der Waals surface area (Å²) in [5.41, 5.74) is 1.17. The van der Waals surface area contributed by atoms with Crippen molar-refractivity contribution in [2.45, 2.75) is 0 Å². The van der Waals surface area contributed by atoms with Crippen LogP contribution in [0.5, 0.6) is 0 Å². The second-order valence-corrected chi connectivity index (χ2v) is 6.86. The van der Waals surface area contributed by atoms with Crippen LogP contribution in [0.2, 0.25) is 5.02 Å². The van der Waals surface area contributed by atoms with Crippen molar-refractivity contribution in [3.8, 4) is 0 Å². The van der Waals surface area contributed by atoms with Gasteiger partial charge in [-0.2, -0.15) is 0 Å². The lowest BCUT2D eigenvalue weighted by Gasteiger charge is -2.38. The Hall–Kier alpha value is -1.30. The van der Waals surface area contributed by atoms with Crippen molar-refractivity contribution in [2.75, 3.05) is 70.9 Å². The average molecular weight is 337 g/mol. The quantitative estimate of drug-likeness (QED) is 0.830. The summed E-state index contributed by atoms with van der Waals surface area (Å²) in [5, 5.41) is 0.773. The molecule has 2 heterocycles. The number of nitrogens with zero attached hydrogens (tertiary/aromatic N) is 4. The normalized spacial score (nSPS) is 20.8. The van der Waals surface area contributed by atoms with Crippen molar-refractivity contribution >= 4 is 23.2 Å². The third-order valence-electron chi connectivity index (χ3n) is 4.76. The predicted molar refractivity (Wildman–Crippen MR) is 94.2 cm³/mol. The minimum Gasteiger partial charge on any atom is -0.369 e. The summed E-state index contributed by atoms with van der Waals surface area (Å²) in [4.78, 5) is 21.3. The molecule has 0 aliphatic carbocycles. The third-order valence-corrected chi connectivity index (χ3v) is 5.00. The first-order chi connectivity index (χ1) is 11.1. The van der Waals surface area contributed by atoms with E-state index >= 15 is 0 Å². The van der Waals surface area contributed by atoms with E-state index in [0.29, 0.717) is 6.54 Å². The number of hydrogen-bond acceptors (Lipinski definition) is 4. The van der Waals surface area contributed by atoms with Gasteiger partial charge in [0.2, 0.25) is 5.91 Å². The van der Waals surface area contributed by atoms with Gasteiger partial charge in [-0.15, -0.1) is 0 Å². The molecule has 0 saturated carbocycles. The van der Waals surface area contributed by atoms with Gasteiger partial charge in [0, 0.05) is 63.1 Å². The van der Waals surface area contributed by atoms with Crippen LogP contribution < -0.4 is 4.90 Å². The Labute approximate surface area is 143 Å². The third kappa shape index (κ3) is 4.37. The second-order valence-electron chi connectivity index (χ2n) is 6.43. The summed E-state index contributed by atoms with van der Waals surface area (Å²) >= 11 is 6.07. The molecule has 0 aromatic heterocycles. The number of piperazine rings is 2. The lowest BCUT2D eigenvalue weighted by Crippen LogP contribution is -2.53. The fourth-order valence-electron chi connectivity index (χ4n) is 3.18. The molecule has 0 spiro atoms. The summed E-state index contributed by atoms with van der Waals surface area (Å²) in [6.45, 7) is 7.95. The SMILES string of the molecule is CN1CCN(C(=O)CN2CCN(c3cccc(Cl)c3)CC2)CC1. The maximum Gasteiger partial charge on any atom is 0.236 e. The fraction of sp³-hybridized carbons (Fsp3) is 0.588. The molecular formula is C17H25ClN4O. The van der Waals surface area contributed by atoms with Crippen LogP contribution in [0.25, 0.3) is 0 Å². The summed E-state index contributed by atoms with van der Waals surface area (Å²) in [5.74, 6) is 0.273. The zero-order chi connectivity index (χ0) is 16.2. The maximum atomic E-state index is 12.4. The average Bonchev–Trinajstić information content (AvgIpc) is 2.56. The van der Waals surface area contributed by atoms with Crippen molar-refractivity contribution in [1.82, 2.24) is 14.7 Å². The number of carbonyl (C=O) groups is 1. The van der Waals surface area contributed by atoms with Crippen molar-refractivity contribution in [2.24, 2.45) is 0 Å². The van der Waals surface area contributed by atoms with Gasteiger partial charge in [-0.25, -0.2) is 0 Å². The van der Waals surface area contributed by atoms with Gasteiger partial charge < -0.3 is 14.7 Å². The Morgan fingerprint density at radius 3 is 2.39 bits per heavy atom. The minimum atomic E-state index is 0.273. The molecule has 3 rings (SSSR count). The first-order valence-corrected chi connectivity index (χ1v) is 8.69. The van der Waals surface area contributed by atoms with Gasteiger partial charge in [0.1, 0.15) is 0 Å². The number of hydrogen-bond donors (Lipinski definition) is 0. The van der Waals surface area contributed by atoms with E-state index < -0.39 is 0 Å². The Morgan fingerprint density at radius 2 is 1.74 bits per heavy atom. The number of rotatable bonds is 3. The highest BCUT2D eigenvalue weighted by molar-refractivity contribution is 6.30. The van der Waals surface area contributed by atoms with Crippen LogP contribution in [0, 0.1) is 0 Å². The minimum absolute atomic E-state index is 0.273. The lowest BCUT2D eigenvalue weighted by atomic mass is 10.2. The number of carbonyl (C=O) groups excluding carboxylic acids is 1. The standard InChI is InChI=1S/C17H25ClN4O/c1-19-5-9-22(10-6-19)17(23)14-20-7-11-21(12-8-20)16-4-2-3-15(18)13-16/h2-4,13H,5-12,14H2,1H3. The van der Waals surface area contributed by atoms with E-state index in [1.165, 1.54) is 5.69 Å². The van der Waals surface area contributed by atoms with Crippen LogP contribution in [0.3, 0.4) is 0 Å². The van der Waals surface area contributed by atoms with Crippen LogP contribution in [0.4, 0.5) is 5.69 Å². The molecule has 0 N–H and O–H groups in total. The molecule has 2 saturated heterocycles. The Balaban J connectivity index is 1.46. The van der Waals surface area contributed by atoms with Crippen LogP contribution in [-0.4, -0.2) is 86.6 Å². The summed E-state index contributed by atoms with van der Waals surface area (Å²) in [6, 6.07) is 7.99. The first-order valence-electron chi connectivity index (χ1n) is 8.31. The molecule has 0 radical (unpaired) electrons. The Morgan fingerprint density at radius 1 is 1.04 bits per heavy atom. The molecule has 0 bridgehead atoms. The zero-order valence-corrected chi connectivity index (χ0v) is 14.5. The van der Waals surface area contributed by atoms with Crippen molar-refractivity contribution in [3.05, 3.63) is 29.3 Å². The van der Waals surface area contributed by atoms with Crippen molar-refractivity contribution < 1.29 is 4.79 Å². The molecule has 2 fully saturated rings. The highest BCUT2D eigenvalue weighted by Gasteiger charge is 2.23. The largest absolute Gasteiger partial charge is 0.369 e. The molecular weight excluding hydrogens is 312 g/mol.